The van der Waals surface area contributed by atoms with E-state index in [1.807, 2.05) is 0 Å². The second kappa shape index (κ2) is 2.06. The largest absolute Gasteiger partial charge is 0.303 e. The lowest BCUT2D eigenvalue weighted by atomic mass is 10.4. The smallest absolute Gasteiger partial charge is 0.0121 e. The van der Waals surface area contributed by atoms with Gasteiger partial charge in [0.05, 0.1) is 0 Å². The van der Waals surface area contributed by atoms with Crippen LogP contribution in [0.25, 0.3) is 0 Å². The molecule has 1 aliphatic carbocycles. The van der Waals surface area contributed by atoms with E-state index in [-0.39, 0.29) is 0 Å². The Balaban J connectivity index is 2.18. The molecule has 8 heavy (non-hydrogen) atoms. The standard InChI is InChI=1S/C7H15N/c1-4-8(3)7-5-6(7)2/h6-7H,4-5H2,1-3H3/t6-,7?/m1/s1. The highest BCUT2D eigenvalue weighted by Crippen LogP contribution is 2.33. The van der Waals surface area contributed by atoms with Crippen molar-refractivity contribution in [3.8, 4) is 0 Å². The molecule has 1 nitrogen and oxygen atoms in total. The van der Waals surface area contributed by atoms with Crippen LogP contribution >= 0.6 is 0 Å². The maximum atomic E-state index is 2.42. The van der Waals surface area contributed by atoms with Gasteiger partial charge in [-0.2, -0.15) is 0 Å². The van der Waals surface area contributed by atoms with Gasteiger partial charge in [0.25, 0.3) is 0 Å². The molecule has 0 radical (unpaired) electrons. The first-order chi connectivity index (χ1) is 3.75. The zero-order valence-corrected chi connectivity index (χ0v) is 6.02. The molecule has 0 spiro atoms. The molecular weight excluding hydrogens is 98.1 g/mol. The molecule has 1 aliphatic rings. The van der Waals surface area contributed by atoms with E-state index >= 15 is 0 Å². The van der Waals surface area contributed by atoms with Crippen LogP contribution in [-0.2, 0) is 0 Å². The molecule has 1 fully saturated rings. The number of rotatable bonds is 2. The minimum atomic E-state index is 0.917. The lowest BCUT2D eigenvalue weighted by molar-refractivity contribution is 0.329. The van der Waals surface area contributed by atoms with Gasteiger partial charge in [-0.15, -0.1) is 0 Å². The summed E-state index contributed by atoms with van der Waals surface area (Å²) in [5.41, 5.74) is 0. The van der Waals surface area contributed by atoms with Gasteiger partial charge in [-0.25, -0.2) is 0 Å². The van der Waals surface area contributed by atoms with E-state index in [4.69, 9.17) is 0 Å². The van der Waals surface area contributed by atoms with Crippen LogP contribution in [0, 0.1) is 5.92 Å². The highest BCUT2D eigenvalue weighted by molar-refractivity contribution is 4.89. The molecule has 0 bridgehead atoms. The molecule has 1 unspecified atom stereocenters. The maximum Gasteiger partial charge on any atom is 0.0121 e. The van der Waals surface area contributed by atoms with Crippen molar-refractivity contribution in [3.63, 3.8) is 0 Å². The van der Waals surface area contributed by atoms with Crippen molar-refractivity contribution in [1.29, 1.82) is 0 Å². The van der Waals surface area contributed by atoms with Gasteiger partial charge in [-0.3, -0.25) is 0 Å². The fourth-order valence-corrected chi connectivity index (χ4v) is 1.15. The highest BCUT2D eigenvalue weighted by atomic mass is 15.2. The molecule has 1 rings (SSSR count). The van der Waals surface area contributed by atoms with Crippen LogP contribution in [-0.4, -0.2) is 24.5 Å². The van der Waals surface area contributed by atoms with Gasteiger partial charge in [0, 0.05) is 6.04 Å². The van der Waals surface area contributed by atoms with Gasteiger partial charge in [-0.05, 0) is 25.9 Å². The van der Waals surface area contributed by atoms with E-state index < -0.39 is 0 Å². The van der Waals surface area contributed by atoms with Crippen LogP contribution in [0.4, 0.5) is 0 Å². The van der Waals surface area contributed by atoms with Gasteiger partial charge in [0.1, 0.15) is 0 Å². The Hall–Kier alpha value is -0.0400. The molecule has 0 aromatic carbocycles. The summed E-state index contributed by atoms with van der Waals surface area (Å²) in [5.74, 6) is 0.972. The van der Waals surface area contributed by atoms with Crippen LogP contribution in [0.3, 0.4) is 0 Å². The quantitative estimate of drug-likeness (QED) is 0.522. The minimum Gasteiger partial charge on any atom is -0.303 e. The van der Waals surface area contributed by atoms with Gasteiger partial charge in [0.2, 0.25) is 0 Å². The Labute approximate surface area is 51.7 Å². The van der Waals surface area contributed by atoms with Crippen LogP contribution in [0.1, 0.15) is 20.3 Å². The van der Waals surface area contributed by atoms with Crippen LogP contribution in [0.2, 0.25) is 0 Å². The fraction of sp³-hybridized carbons (Fsp3) is 1.00. The Kier molecular flexibility index (Phi) is 1.57. The lowest BCUT2D eigenvalue weighted by Gasteiger charge is -2.11. The number of nitrogens with zero attached hydrogens (tertiary/aromatic N) is 1. The Bertz CT molecular complexity index is 78.5. The summed E-state index contributed by atoms with van der Waals surface area (Å²) in [4.78, 5) is 2.42. The van der Waals surface area contributed by atoms with Gasteiger partial charge >= 0.3 is 0 Å². The van der Waals surface area contributed by atoms with E-state index in [2.05, 4.69) is 25.8 Å². The Morgan fingerprint density at radius 1 is 1.62 bits per heavy atom. The van der Waals surface area contributed by atoms with Gasteiger partial charge < -0.3 is 4.90 Å². The fourth-order valence-electron chi connectivity index (χ4n) is 1.15. The molecule has 1 heteroatoms. The second-order valence-corrected chi connectivity index (χ2v) is 2.85. The van der Waals surface area contributed by atoms with E-state index in [1.165, 1.54) is 13.0 Å². The normalized spacial score (nSPS) is 36.0. The molecule has 0 aliphatic heterocycles. The van der Waals surface area contributed by atoms with Crippen molar-refractivity contribution in [1.82, 2.24) is 4.90 Å². The summed E-state index contributed by atoms with van der Waals surface area (Å²) in [5, 5.41) is 0. The topological polar surface area (TPSA) is 3.24 Å². The van der Waals surface area contributed by atoms with Crippen LogP contribution < -0.4 is 0 Å². The summed E-state index contributed by atoms with van der Waals surface area (Å²) in [6.45, 7) is 5.73. The van der Waals surface area contributed by atoms with E-state index in [0.717, 1.165) is 12.0 Å². The van der Waals surface area contributed by atoms with E-state index in [0.29, 0.717) is 0 Å². The number of hydrogen-bond acceptors (Lipinski definition) is 1. The summed E-state index contributed by atoms with van der Waals surface area (Å²) in [6, 6.07) is 0.917. The van der Waals surface area contributed by atoms with Crippen molar-refractivity contribution in [2.75, 3.05) is 13.6 Å². The van der Waals surface area contributed by atoms with Gasteiger partial charge in [0.15, 0.2) is 0 Å². The first-order valence-corrected chi connectivity index (χ1v) is 3.46. The molecule has 0 saturated heterocycles. The molecule has 0 heterocycles. The molecule has 2 atom stereocenters. The SMILES string of the molecule is CCN(C)C1C[C@H]1C. The second-order valence-electron chi connectivity index (χ2n) is 2.85. The van der Waals surface area contributed by atoms with Crippen molar-refractivity contribution in [3.05, 3.63) is 0 Å². The van der Waals surface area contributed by atoms with Crippen molar-refractivity contribution < 1.29 is 0 Å². The van der Waals surface area contributed by atoms with Crippen LogP contribution in [0.5, 0.6) is 0 Å². The van der Waals surface area contributed by atoms with Gasteiger partial charge in [-0.1, -0.05) is 13.8 Å². The highest BCUT2D eigenvalue weighted by Gasteiger charge is 2.34. The zero-order valence-electron chi connectivity index (χ0n) is 6.02. The van der Waals surface area contributed by atoms with Crippen LogP contribution in [0.15, 0.2) is 0 Å². The van der Waals surface area contributed by atoms with E-state index in [9.17, 15) is 0 Å². The molecule has 1 saturated carbocycles. The summed E-state index contributed by atoms with van der Waals surface area (Å²) >= 11 is 0. The first-order valence-electron chi connectivity index (χ1n) is 3.46. The summed E-state index contributed by atoms with van der Waals surface area (Å²) in [6.07, 6.45) is 1.42. The van der Waals surface area contributed by atoms with Crippen molar-refractivity contribution in [2.24, 2.45) is 5.92 Å². The Morgan fingerprint density at radius 3 is 2.25 bits per heavy atom. The third-order valence-corrected chi connectivity index (χ3v) is 2.13. The molecule has 0 amide bonds. The predicted molar refractivity (Wildman–Crippen MR) is 35.9 cm³/mol. The first kappa shape index (κ1) is 6.09. The van der Waals surface area contributed by atoms with E-state index in [1.54, 1.807) is 0 Å². The third-order valence-electron chi connectivity index (χ3n) is 2.13. The number of hydrogen-bond donors (Lipinski definition) is 0. The third kappa shape index (κ3) is 1.03. The molecule has 0 aromatic heterocycles. The zero-order chi connectivity index (χ0) is 6.15. The predicted octanol–water partition coefficient (Wildman–Crippen LogP) is 1.35. The monoisotopic (exact) mass is 113 g/mol. The van der Waals surface area contributed by atoms with Crippen molar-refractivity contribution in [2.45, 2.75) is 26.3 Å². The molecular formula is C7H15N. The average molecular weight is 113 g/mol. The molecule has 0 N–H and O–H groups in total. The summed E-state index contributed by atoms with van der Waals surface area (Å²) in [7, 11) is 2.20. The minimum absolute atomic E-state index is 0.917. The summed E-state index contributed by atoms with van der Waals surface area (Å²) < 4.78 is 0. The average Bonchev–Trinajstić information content (AvgIpc) is 2.45. The lowest BCUT2D eigenvalue weighted by Crippen LogP contribution is -2.20. The maximum absolute atomic E-state index is 2.42. The molecule has 0 aromatic rings. The van der Waals surface area contributed by atoms with Crippen molar-refractivity contribution >= 4 is 0 Å². The Morgan fingerprint density at radius 2 is 2.12 bits per heavy atom. The molecule has 48 valence electrons.